The molecule has 3 rings (SSSR count). The second kappa shape index (κ2) is 5.21. The van der Waals surface area contributed by atoms with Crippen molar-refractivity contribution in [1.82, 2.24) is 9.78 Å². The first-order valence-electron chi connectivity index (χ1n) is 7.70. The molecule has 1 N–H and O–H groups in total. The van der Waals surface area contributed by atoms with Crippen molar-refractivity contribution in [3.05, 3.63) is 30.0 Å². The van der Waals surface area contributed by atoms with Gasteiger partial charge in [-0.15, -0.1) is 0 Å². The van der Waals surface area contributed by atoms with Gasteiger partial charge in [-0.2, -0.15) is 5.10 Å². The zero-order valence-electron chi connectivity index (χ0n) is 12.5. The van der Waals surface area contributed by atoms with Crippen molar-refractivity contribution in [2.45, 2.75) is 51.0 Å². The van der Waals surface area contributed by atoms with Crippen LogP contribution < -0.4 is 0 Å². The number of fused-ring (bicyclic) bond motifs is 1. The van der Waals surface area contributed by atoms with E-state index in [1.165, 1.54) is 11.8 Å². The Labute approximate surface area is 120 Å². The monoisotopic (exact) mass is 272 g/mol. The van der Waals surface area contributed by atoms with Gasteiger partial charge in [-0.1, -0.05) is 38.0 Å². The second-order valence-electron chi connectivity index (χ2n) is 6.52. The third-order valence-electron chi connectivity index (χ3n) is 4.77. The van der Waals surface area contributed by atoms with Crippen LogP contribution in [0.4, 0.5) is 0 Å². The van der Waals surface area contributed by atoms with Gasteiger partial charge in [-0.25, -0.2) is 0 Å². The van der Waals surface area contributed by atoms with Gasteiger partial charge < -0.3 is 5.11 Å². The Hall–Kier alpha value is -1.35. The zero-order valence-corrected chi connectivity index (χ0v) is 12.5. The van der Waals surface area contributed by atoms with Gasteiger partial charge in [-0.05, 0) is 31.2 Å². The zero-order chi connectivity index (χ0) is 14.2. The number of aromatic nitrogens is 2. The van der Waals surface area contributed by atoms with Gasteiger partial charge in [0.15, 0.2) is 0 Å². The molecular formula is C17H24N2O. The molecule has 1 saturated carbocycles. The summed E-state index contributed by atoms with van der Waals surface area (Å²) in [6, 6.07) is 8.29. The maximum atomic E-state index is 10.9. The maximum absolute atomic E-state index is 10.9. The number of aryl methyl sites for hydroxylation is 1. The molecule has 3 nitrogen and oxygen atoms in total. The Kier molecular flexibility index (Phi) is 3.55. The minimum absolute atomic E-state index is 0.568. The van der Waals surface area contributed by atoms with Gasteiger partial charge in [0.2, 0.25) is 0 Å². The molecule has 0 spiro atoms. The molecule has 1 aliphatic rings. The minimum atomic E-state index is -0.568. The van der Waals surface area contributed by atoms with E-state index in [0.29, 0.717) is 6.42 Å². The van der Waals surface area contributed by atoms with Crippen molar-refractivity contribution >= 4 is 10.9 Å². The maximum Gasteiger partial charge on any atom is 0.0731 e. The number of para-hydroxylation sites is 1. The minimum Gasteiger partial charge on any atom is -0.389 e. The molecular weight excluding hydrogens is 248 g/mol. The first kappa shape index (κ1) is 13.6. The van der Waals surface area contributed by atoms with Crippen LogP contribution >= 0.6 is 0 Å². The van der Waals surface area contributed by atoms with Gasteiger partial charge in [0.05, 0.1) is 16.8 Å². The van der Waals surface area contributed by atoms with E-state index in [-0.39, 0.29) is 0 Å². The van der Waals surface area contributed by atoms with Gasteiger partial charge in [0, 0.05) is 18.9 Å². The average molecular weight is 272 g/mol. The molecule has 1 aliphatic carbocycles. The molecule has 1 fully saturated rings. The van der Waals surface area contributed by atoms with E-state index < -0.39 is 5.60 Å². The largest absolute Gasteiger partial charge is 0.389 e. The molecule has 1 aromatic carbocycles. The Morgan fingerprint density at radius 2 is 2.10 bits per heavy atom. The first-order chi connectivity index (χ1) is 9.57. The van der Waals surface area contributed by atoms with Crippen molar-refractivity contribution in [2.75, 3.05) is 0 Å². The third-order valence-corrected chi connectivity index (χ3v) is 4.77. The number of nitrogens with zero attached hydrogens (tertiary/aromatic N) is 2. The van der Waals surface area contributed by atoms with Crippen LogP contribution in [-0.4, -0.2) is 20.5 Å². The van der Waals surface area contributed by atoms with E-state index in [0.717, 1.165) is 42.8 Å². The summed E-state index contributed by atoms with van der Waals surface area (Å²) in [6.07, 6.45) is 5.98. The molecule has 3 heteroatoms. The van der Waals surface area contributed by atoms with Crippen LogP contribution in [-0.2, 0) is 13.5 Å². The average Bonchev–Trinajstić information content (AvgIpc) is 2.63. The van der Waals surface area contributed by atoms with Crippen LogP contribution in [0.25, 0.3) is 10.9 Å². The van der Waals surface area contributed by atoms with E-state index in [4.69, 9.17) is 0 Å². The smallest absolute Gasteiger partial charge is 0.0731 e. The fraction of sp³-hybridized carbons (Fsp3) is 0.588. The second-order valence-corrected chi connectivity index (χ2v) is 6.52. The lowest BCUT2D eigenvalue weighted by Crippen LogP contribution is -2.31. The molecule has 0 saturated heterocycles. The summed E-state index contributed by atoms with van der Waals surface area (Å²) in [7, 11) is 1.98. The highest BCUT2D eigenvalue weighted by Crippen LogP contribution is 2.33. The number of rotatable bonds is 2. The quantitative estimate of drug-likeness (QED) is 0.850. The lowest BCUT2D eigenvalue weighted by atomic mass is 9.88. The molecule has 2 aromatic rings. The number of benzene rings is 1. The predicted octanol–water partition coefficient (Wildman–Crippen LogP) is 3.45. The summed E-state index contributed by atoms with van der Waals surface area (Å²) in [6.45, 7) is 2.29. The number of hydrogen-bond acceptors (Lipinski definition) is 2. The van der Waals surface area contributed by atoms with Crippen LogP contribution in [0.2, 0.25) is 0 Å². The molecule has 20 heavy (non-hydrogen) atoms. The van der Waals surface area contributed by atoms with Gasteiger partial charge in [0.1, 0.15) is 0 Å². The molecule has 0 radical (unpaired) electrons. The van der Waals surface area contributed by atoms with Crippen LogP contribution in [0.1, 0.15) is 44.7 Å². The molecule has 2 unspecified atom stereocenters. The predicted molar refractivity (Wildman–Crippen MR) is 81.6 cm³/mol. The summed E-state index contributed by atoms with van der Waals surface area (Å²) >= 11 is 0. The fourth-order valence-corrected chi connectivity index (χ4v) is 3.47. The SMILES string of the molecule is CC1CCCC(O)(Cc2nn(C)c3ccccc23)CC1. The number of aliphatic hydroxyl groups is 1. The van der Waals surface area contributed by atoms with E-state index in [9.17, 15) is 5.11 Å². The molecule has 1 aromatic heterocycles. The third kappa shape index (κ3) is 2.59. The van der Waals surface area contributed by atoms with Crippen LogP contribution in [0.15, 0.2) is 24.3 Å². The Bertz CT molecular complexity index is 604. The van der Waals surface area contributed by atoms with Crippen molar-refractivity contribution < 1.29 is 5.11 Å². The first-order valence-corrected chi connectivity index (χ1v) is 7.70. The summed E-state index contributed by atoms with van der Waals surface area (Å²) in [5, 5.41) is 16.8. The van der Waals surface area contributed by atoms with E-state index in [1.807, 2.05) is 23.9 Å². The van der Waals surface area contributed by atoms with Crippen molar-refractivity contribution in [3.8, 4) is 0 Å². The fourth-order valence-electron chi connectivity index (χ4n) is 3.47. The van der Waals surface area contributed by atoms with Gasteiger partial charge >= 0.3 is 0 Å². The summed E-state index contributed by atoms with van der Waals surface area (Å²) in [5.74, 6) is 0.740. The Morgan fingerprint density at radius 3 is 2.95 bits per heavy atom. The van der Waals surface area contributed by atoms with Crippen LogP contribution in [0, 0.1) is 5.92 Å². The lowest BCUT2D eigenvalue weighted by molar-refractivity contribution is 0.0236. The van der Waals surface area contributed by atoms with Gasteiger partial charge in [0.25, 0.3) is 0 Å². The molecule has 108 valence electrons. The molecule has 2 atom stereocenters. The van der Waals surface area contributed by atoms with E-state index in [1.54, 1.807) is 0 Å². The topological polar surface area (TPSA) is 38.1 Å². The van der Waals surface area contributed by atoms with E-state index >= 15 is 0 Å². The van der Waals surface area contributed by atoms with Crippen molar-refractivity contribution in [2.24, 2.45) is 13.0 Å². The van der Waals surface area contributed by atoms with Crippen molar-refractivity contribution in [3.63, 3.8) is 0 Å². The molecule has 0 aliphatic heterocycles. The summed E-state index contributed by atoms with van der Waals surface area (Å²) in [4.78, 5) is 0. The highest BCUT2D eigenvalue weighted by molar-refractivity contribution is 5.81. The standard InChI is InChI=1S/C17H24N2O/c1-13-6-5-10-17(20,11-9-13)12-15-14-7-3-4-8-16(14)19(2)18-15/h3-4,7-8,13,20H,5-6,9-12H2,1-2H3. The summed E-state index contributed by atoms with van der Waals surface area (Å²) in [5.41, 5.74) is 1.62. The summed E-state index contributed by atoms with van der Waals surface area (Å²) < 4.78 is 1.92. The normalized spacial score (nSPS) is 27.6. The number of hydrogen-bond donors (Lipinski definition) is 1. The molecule has 0 amide bonds. The van der Waals surface area contributed by atoms with Crippen LogP contribution in [0.5, 0.6) is 0 Å². The molecule has 0 bridgehead atoms. The highest BCUT2D eigenvalue weighted by atomic mass is 16.3. The van der Waals surface area contributed by atoms with Crippen molar-refractivity contribution in [1.29, 1.82) is 0 Å². The van der Waals surface area contributed by atoms with E-state index in [2.05, 4.69) is 24.2 Å². The molecule has 1 heterocycles. The van der Waals surface area contributed by atoms with Gasteiger partial charge in [-0.3, -0.25) is 4.68 Å². The highest BCUT2D eigenvalue weighted by Gasteiger charge is 2.31. The lowest BCUT2D eigenvalue weighted by Gasteiger charge is -2.26. The Balaban J connectivity index is 1.88. The van der Waals surface area contributed by atoms with Crippen LogP contribution in [0.3, 0.4) is 0 Å². The Morgan fingerprint density at radius 1 is 1.30 bits per heavy atom.